The zero-order valence-corrected chi connectivity index (χ0v) is 13.8. The Balaban J connectivity index is 2.10. The van der Waals surface area contributed by atoms with Gasteiger partial charge in [0, 0.05) is 4.47 Å². The molecule has 0 aromatic heterocycles. The molecule has 1 fully saturated rings. The predicted octanol–water partition coefficient (Wildman–Crippen LogP) is 5.26. The van der Waals surface area contributed by atoms with Crippen LogP contribution < -0.4 is 0 Å². The number of halogens is 1. The lowest BCUT2D eigenvalue weighted by Gasteiger charge is -2.42. The zero-order valence-electron chi connectivity index (χ0n) is 12.2. The van der Waals surface area contributed by atoms with Crippen LogP contribution in [-0.2, 0) is 5.60 Å². The fourth-order valence-electron chi connectivity index (χ4n) is 3.23. The minimum absolute atomic E-state index is 0.401. The molecule has 1 N–H and O–H groups in total. The number of benzene rings is 1. The van der Waals surface area contributed by atoms with Crippen LogP contribution in [0.15, 0.2) is 28.7 Å². The van der Waals surface area contributed by atoms with Crippen LogP contribution in [0.4, 0.5) is 0 Å². The Bertz CT molecular complexity index is 431. The third-order valence-electron chi connectivity index (χ3n) is 5.19. The van der Waals surface area contributed by atoms with E-state index in [9.17, 15) is 5.11 Å². The van der Waals surface area contributed by atoms with Gasteiger partial charge < -0.3 is 5.11 Å². The molecule has 1 aromatic rings. The van der Waals surface area contributed by atoms with Crippen LogP contribution in [0.2, 0.25) is 0 Å². The Morgan fingerprint density at radius 3 is 2.47 bits per heavy atom. The van der Waals surface area contributed by atoms with Gasteiger partial charge in [-0.1, -0.05) is 55.3 Å². The second-order valence-electron chi connectivity index (χ2n) is 6.66. The summed E-state index contributed by atoms with van der Waals surface area (Å²) in [4.78, 5) is 0. The maximum absolute atomic E-state index is 10.9. The van der Waals surface area contributed by atoms with E-state index in [1.807, 2.05) is 12.1 Å². The van der Waals surface area contributed by atoms with Gasteiger partial charge in [0.1, 0.15) is 0 Å². The van der Waals surface area contributed by atoms with Crippen molar-refractivity contribution in [3.05, 3.63) is 34.3 Å². The highest BCUT2D eigenvalue weighted by molar-refractivity contribution is 9.10. The van der Waals surface area contributed by atoms with Gasteiger partial charge in [0.2, 0.25) is 0 Å². The van der Waals surface area contributed by atoms with Crippen LogP contribution in [0.5, 0.6) is 0 Å². The van der Waals surface area contributed by atoms with Crippen LogP contribution in [0.1, 0.15) is 58.4 Å². The number of rotatable bonds is 3. The normalized spacial score (nSPS) is 28.4. The highest BCUT2D eigenvalue weighted by Gasteiger charge is 2.39. The van der Waals surface area contributed by atoms with Crippen LogP contribution in [-0.4, -0.2) is 5.11 Å². The van der Waals surface area contributed by atoms with Crippen molar-refractivity contribution in [2.45, 2.75) is 58.5 Å². The molecule has 2 rings (SSSR count). The minimum atomic E-state index is -0.621. The van der Waals surface area contributed by atoms with E-state index in [1.54, 1.807) is 0 Å². The van der Waals surface area contributed by atoms with Gasteiger partial charge in [-0.05, 0) is 54.7 Å². The topological polar surface area (TPSA) is 20.2 Å². The third kappa shape index (κ3) is 3.22. The van der Waals surface area contributed by atoms with Crippen molar-refractivity contribution >= 4 is 15.9 Å². The number of hydrogen-bond acceptors (Lipinski definition) is 1. The molecule has 1 saturated carbocycles. The standard InChI is InChI=1S/C17H25BrO/c1-4-16(2,3)13-8-10-17(19,11-9-13)14-6-5-7-15(18)12-14/h5-7,12-13,19H,4,8-11H2,1-3H3. The molecule has 0 aliphatic heterocycles. The molecule has 1 aliphatic rings. The van der Waals surface area contributed by atoms with Crippen LogP contribution >= 0.6 is 15.9 Å². The van der Waals surface area contributed by atoms with Crippen LogP contribution in [0.25, 0.3) is 0 Å². The van der Waals surface area contributed by atoms with Gasteiger partial charge in [0.15, 0.2) is 0 Å². The summed E-state index contributed by atoms with van der Waals surface area (Å²) in [7, 11) is 0. The fraction of sp³-hybridized carbons (Fsp3) is 0.647. The Hall–Kier alpha value is -0.340. The Kier molecular flexibility index (Phi) is 4.42. The summed E-state index contributed by atoms with van der Waals surface area (Å²) >= 11 is 3.50. The third-order valence-corrected chi connectivity index (χ3v) is 5.68. The lowest BCUT2D eigenvalue weighted by Crippen LogP contribution is -2.36. The van der Waals surface area contributed by atoms with Gasteiger partial charge >= 0.3 is 0 Å². The molecule has 0 spiro atoms. The molecule has 1 aliphatic carbocycles. The summed E-state index contributed by atoms with van der Waals surface area (Å²) in [5.74, 6) is 0.741. The molecule has 106 valence electrons. The van der Waals surface area contributed by atoms with E-state index in [0.29, 0.717) is 5.41 Å². The summed E-state index contributed by atoms with van der Waals surface area (Å²) in [6.45, 7) is 7.00. The molecule has 0 saturated heterocycles. The second kappa shape index (κ2) is 5.57. The number of aliphatic hydroxyl groups is 1. The summed E-state index contributed by atoms with van der Waals surface area (Å²) in [5, 5.41) is 10.9. The molecule has 0 radical (unpaired) electrons. The molecule has 0 atom stereocenters. The first-order valence-electron chi connectivity index (χ1n) is 7.36. The first-order valence-corrected chi connectivity index (χ1v) is 8.15. The lowest BCUT2D eigenvalue weighted by atomic mass is 9.65. The van der Waals surface area contributed by atoms with E-state index in [4.69, 9.17) is 0 Å². The molecule has 0 heterocycles. The van der Waals surface area contributed by atoms with E-state index in [1.165, 1.54) is 6.42 Å². The molecule has 1 nitrogen and oxygen atoms in total. The summed E-state index contributed by atoms with van der Waals surface area (Å²) in [6.07, 6.45) is 5.25. The minimum Gasteiger partial charge on any atom is -0.385 e. The van der Waals surface area contributed by atoms with Crippen molar-refractivity contribution < 1.29 is 5.11 Å². The van der Waals surface area contributed by atoms with Crippen molar-refractivity contribution in [1.29, 1.82) is 0 Å². The van der Waals surface area contributed by atoms with Crippen molar-refractivity contribution in [2.75, 3.05) is 0 Å². The highest BCUT2D eigenvalue weighted by Crippen LogP contribution is 2.46. The van der Waals surface area contributed by atoms with Crippen LogP contribution in [0, 0.1) is 11.3 Å². The molecule has 1 aromatic carbocycles. The smallest absolute Gasteiger partial charge is 0.0897 e. The molecule has 19 heavy (non-hydrogen) atoms. The van der Waals surface area contributed by atoms with Gasteiger partial charge in [-0.3, -0.25) is 0 Å². The van der Waals surface area contributed by atoms with Gasteiger partial charge in [-0.25, -0.2) is 0 Å². The zero-order chi connectivity index (χ0) is 14.1. The summed E-state index contributed by atoms with van der Waals surface area (Å²) in [6, 6.07) is 8.14. The van der Waals surface area contributed by atoms with Crippen molar-refractivity contribution in [3.63, 3.8) is 0 Å². The second-order valence-corrected chi connectivity index (χ2v) is 7.57. The Morgan fingerprint density at radius 1 is 1.32 bits per heavy atom. The van der Waals surface area contributed by atoms with E-state index in [-0.39, 0.29) is 0 Å². The molecular weight excluding hydrogens is 300 g/mol. The first-order chi connectivity index (χ1) is 8.87. The van der Waals surface area contributed by atoms with Gasteiger partial charge in [0.25, 0.3) is 0 Å². The van der Waals surface area contributed by atoms with Gasteiger partial charge in [-0.15, -0.1) is 0 Å². The average molecular weight is 325 g/mol. The lowest BCUT2D eigenvalue weighted by molar-refractivity contribution is -0.0328. The quantitative estimate of drug-likeness (QED) is 0.803. The maximum Gasteiger partial charge on any atom is 0.0897 e. The Morgan fingerprint density at radius 2 is 1.95 bits per heavy atom. The van der Waals surface area contributed by atoms with Crippen molar-refractivity contribution in [1.82, 2.24) is 0 Å². The van der Waals surface area contributed by atoms with Crippen molar-refractivity contribution in [2.24, 2.45) is 11.3 Å². The summed E-state index contributed by atoms with van der Waals surface area (Å²) in [5.41, 5.74) is 0.845. The number of hydrogen-bond donors (Lipinski definition) is 1. The highest BCUT2D eigenvalue weighted by atomic mass is 79.9. The predicted molar refractivity (Wildman–Crippen MR) is 84.1 cm³/mol. The Labute approximate surface area is 125 Å². The molecule has 2 heteroatoms. The SMILES string of the molecule is CCC(C)(C)C1CCC(O)(c2cccc(Br)c2)CC1. The van der Waals surface area contributed by atoms with E-state index in [0.717, 1.165) is 41.6 Å². The van der Waals surface area contributed by atoms with E-state index >= 15 is 0 Å². The monoisotopic (exact) mass is 324 g/mol. The maximum atomic E-state index is 10.9. The largest absolute Gasteiger partial charge is 0.385 e. The first kappa shape index (κ1) is 15.1. The van der Waals surface area contributed by atoms with Gasteiger partial charge in [0.05, 0.1) is 5.60 Å². The van der Waals surface area contributed by atoms with E-state index in [2.05, 4.69) is 48.8 Å². The van der Waals surface area contributed by atoms with Gasteiger partial charge in [-0.2, -0.15) is 0 Å². The van der Waals surface area contributed by atoms with E-state index < -0.39 is 5.60 Å². The molecular formula is C17H25BrO. The molecule has 0 unspecified atom stereocenters. The van der Waals surface area contributed by atoms with Crippen LogP contribution in [0.3, 0.4) is 0 Å². The average Bonchev–Trinajstić information content (AvgIpc) is 2.39. The fourth-order valence-corrected chi connectivity index (χ4v) is 3.63. The summed E-state index contributed by atoms with van der Waals surface area (Å²) < 4.78 is 1.05. The molecule has 0 amide bonds. The molecule has 0 bridgehead atoms. The van der Waals surface area contributed by atoms with Crippen molar-refractivity contribution in [3.8, 4) is 0 Å².